The minimum Gasteiger partial charge on any atom is -0.478 e. The summed E-state index contributed by atoms with van der Waals surface area (Å²) in [5.74, 6) is -1.16. The van der Waals surface area contributed by atoms with Crippen LogP contribution in [-0.2, 0) is 12.8 Å². The molecule has 0 bridgehead atoms. The normalized spacial score (nSPS) is 13.9. The standard InChI is InChI=1S/C32H36O4/c1-4-11-22-19-23(18-20(2)3)28(21-12-5-6-13-21)30(25-15-8-10-17-27(25)32(35)36)29(22)24-14-7-9-16-26(24)31(33)34/h7-10,14-17,19-21H,4-6,11-13,18H2,1-3H3,(H,33,34)(H,35,36). The van der Waals surface area contributed by atoms with Crippen LogP contribution in [0.5, 0.6) is 0 Å². The summed E-state index contributed by atoms with van der Waals surface area (Å²) in [4.78, 5) is 24.8. The summed E-state index contributed by atoms with van der Waals surface area (Å²) >= 11 is 0. The van der Waals surface area contributed by atoms with Crippen molar-refractivity contribution in [2.45, 2.75) is 71.6 Å². The maximum atomic E-state index is 12.4. The maximum Gasteiger partial charge on any atom is 0.336 e. The zero-order chi connectivity index (χ0) is 25.8. The second-order valence-corrected chi connectivity index (χ2v) is 10.4. The summed E-state index contributed by atoms with van der Waals surface area (Å²) in [5, 5.41) is 20.3. The molecule has 1 aliphatic rings. The lowest BCUT2D eigenvalue weighted by Crippen LogP contribution is -2.12. The highest BCUT2D eigenvalue weighted by Crippen LogP contribution is 2.49. The van der Waals surface area contributed by atoms with Crippen LogP contribution >= 0.6 is 0 Å². The highest BCUT2D eigenvalue weighted by Gasteiger charge is 2.30. The Morgan fingerprint density at radius 3 is 1.86 bits per heavy atom. The Morgan fingerprint density at radius 2 is 1.36 bits per heavy atom. The van der Waals surface area contributed by atoms with Gasteiger partial charge < -0.3 is 10.2 Å². The van der Waals surface area contributed by atoms with E-state index in [2.05, 4.69) is 26.8 Å². The summed E-state index contributed by atoms with van der Waals surface area (Å²) in [7, 11) is 0. The molecule has 1 saturated carbocycles. The van der Waals surface area contributed by atoms with E-state index in [1.165, 1.54) is 11.1 Å². The second-order valence-electron chi connectivity index (χ2n) is 10.4. The molecular formula is C32H36O4. The van der Waals surface area contributed by atoms with Gasteiger partial charge in [0.15, 0.2) is 0 Å². The van der Waals surface area contributed by atoms with Crippen molar-refractivity contribution in [3.63, 3.8) is 0 Å². The first-order chi connectivity index (χ1) is 17.3. The third-order valence-electron chi connectivity index (χ3n) is 7.30. The van der Waals surface area contributed by atoms with Gasteiger partial charge in [-0.15, -0.1) is 0 Å². The van der Waals surface area contributed by atoms with Crippen molar-refractivity contribution >= 4 is 11.9 Å². The Bertz CT molecular complexity index is 1270. The maximum absolute atomic E-state index is 12.4. The van der Waals surface area contributed by atoms with Gasteiger partial charge in [-0.1, -0.05) is 82.5 Å². The van der Waals surface area contributed by atoms with Gasteiger partial charge in [-0.25, -0.2) is 9.59 Å². The number of benzene rings is 3. The molecule has 0 spiro atoms. The van der Waals surface area contributed by atoms with Gasteiger partial charge in [-0.2, -0.15) is 0 Å². The predicted octanol–water partition coefficient (Wildman–Crippen LogP) is 8.23. The minimum atomic E-state index is -0.973. The van der Waals surface area contributed by atoms with Gasteiger partial charge in [0.25, 0.3) is 0 Å². The van der Waals surface area contributed by atoms with Crippen molar-refractivity contribution in [2.75, 3.05) is 0 Å². The van der Waals surface area contributed by atoms with E-state index in [4.69, 9.17) is 0 Å². The van der Waals surface area contributed by atoms with Crippen LogP contribution in [-0.4, -0.2) is 22.2 Å². The van der Waals surface area contributed by atoms with Gasteiger partial charge in [-0.05, 0) is 88.6 Å². The highest BCUT2D eigenvalue weighted by atomic mass is 16.4. The molecule has 3 aromatic carbocycles. The molecule has 0 aliphatic heterocycles. The molecule has 0 heterocycles. The Morgan fingerprint density at radius 1 is 0.833 bits per heavy atom. The van der Waals surface area contributed by atoms with Gasteiger partial charge in [-0.3, -0.25) is 0 Å². The average Bonchev–Trinajstić information content (AvgIpc) is 3.38. The van der Waals surface area contributed by atoms with E-state index in [1.807, 2.05) is 24.3 Å². The molecule has 0 saturated heterocycles. The summed E-state index contributed by atoms with van der Waals surface area (Å²) in [6.07, 6.45) is 7.06. The smallest absolute Gasteiger partial charge is 0.336 e. The molecule has 4 rings (SSSR count). The molecule has 1 fully saturated rings. The second kappa shape index (κ2) is 11.1. The molecule has 0 unspecified atom stereocenters. The van der Waals surface area contributed by atoms with E-state index >= 15 is 0 Å². The quantitative estimate of drug-likeness (QED) is 0.321. The number of aryl methyl sites for hydroxylation is 1. The van der Waals surface area contributed by atoms with Crippen molar-refractivity contribution in [3.05, 3.63) is 82.4 Å². The van der Waals surface area contributed by atoms with Gasteiger partial charge in [0, 0.05) is 0 Å². The molecular weight excluding hydrogens is 448 g/mol. The number of hydrogen-bond acceptors (Lipinski definition) is 2. The fourth-order valence-corrected chi connectivity index (χ4v) is 5.93. The molecule has 36 heavy (non-hydrogen) atoms. The highest BCUT2D eigenvalue weighted by molar-refractivity contribution is 6.04. The van der Waals surface area contributed by atoms with Crippen LogP contribution in [0.2, 0.25) is 0 Å². The molecule has 0 atom stereocenters. The molecule has 188 valence electrons. The lowest BCUT2D eigenvalue weighted by atomic mass is 9.75. The fourth-order valence-electron chi connectivity index (χ4n) is 5.93. The van der Waals surface area contributed by atoms with Gasteiger partial charge in [0.05, 0.1) is 11.1 Å². The molecule has 0 aromatic heterocycles. The molecule has 0 amide bonds. The van der Waals surface area contributed by atoms with Crippen molar-refractivity contribution in [2.24, 2.45) is 5.92 Å². The zero-order valence-electron chi connectivity index (χ0n) is 21.5. The SMILES string of the molecule is CCCc1cc(CC(C)C)c(C2CCCC2)c(-c2ccccc2C(=O)O)c1-c1ccccc1C(=O)O. The van der Waals surface area contributed by atoms with E-state index in [1.54, 1.807) is 24.3 Å². The first kappa shape index (κ1) is 25.7. The first-order valence-corrected chi connectivity index (χ1v) is 13.2. The summed E-state index contributed by atoms with van der Waals surface area (Å²) < 4.78 is 0. The summed E-state index contributed by atoms with van der Waals surface area (Å²) in [6.45, 7) is 6.57. The lowest BCUT2D eigenvalue weighted by Gasteiger charge is -2.28. The zero-order valence-corrected chi connectivity index (χ0v) is 21.5. The van der Waals surface area contributed by atoms with Crippen LogP contribution < -0.4 is 0 Å². The molecule has 4 heteroatoms. The van der Waals surface area contributed by atoms with E-state index in [9.17, 15) is 19.8 Å². The van der Waals surface area contributed by atoms with E-state index in [-0.39, 0.29) is 11.1 Å². The number of hydrogen-bond donors (Lipinski definition) is 2. The number of carboxylic acids is 2. The van der Waals surface area contributed by atoms with E-state index in [0.717, 1.165) is 61.6 Å². The average molecular weight is 485 g/mol. The third kappa shape index (κ3) is 5.09. The Labute approximate surface area is 214 Å². The number of carbonyl (C=O) groups is 2. The topological polar surface area (TPSA) is 74.6 Å². The number of carboxylic acid groups (broad SMARTS) is 2. The van der Waals surface area contributed by atoms with Crippen LogP contribution in [0.4, 0.5) is 0 Å². The predicted molar refractivity (Wildman–Crippen MR) is 145 cm³/mol. The van der Waals surface area contributed by atoms with Crippen molar-refractivity contribution in [1.29, 1.82) is 0 Å². The van der Waals surface area contributed by atoms with Gasteiger partial charge in [0.1, 0.15) is 0 Å². The van der Waals surface area contributed by atoms with Crippen LogP contribution in [0.25, 0.3) is 22.3 Å². The van der Waals surface area contributed by atoms with Crippen LogP contribution in [0, 0.1) is 5.92 Å². The Hall–Kier alpha value is -3.40. The largest absolute Gasteiger partial charge is 0.478 e. The lowest BCUT2D eigenvalue weighted by molar-refractivity contribution is 0.0686. The Kier molecular flexibility index (Phi) is 7.93. The number of rotatable bonds is 9. The monoisotopic (exact) mass is 484 g/mol. The van der Waals surface area contributed by atoms with Crippen LogP contribution in [0.1, 0.15) is 96.2 Å². The fraction of sp³-hybridized carbons (Fsp3) is 0.375. The first-order valence-electron chi connectivity index (χ1n) is 13.2. The molecule has 1 aliphatic carbocycles. The number of aromatic carboxylic acids is 2. The van der Waals surface area contributed by atoms with Crippen molar-refractivity contribution < 1.29 is 19.8 Å². The molecule has 0 radical (unpaired) electrons. The van der Waals surface area contributed by atoms with Gasteiger partial charge >= 0.3 is 11.9 Å². The van der Waals surface area contributed by atoms with E-state index < -0.39 is 11.9 Å². The van der Waals surface area contributed by atoms with Crippen LogP contribution in [0.15, 0.2) is 54.6 Å². The van der Waals surface area contributed by atoms with Crippen LogP contribution in [0.3, 0.4) is 0 Å². The Balaban J connectivity index is 2.22. The van der Waals surface area contributed by atoms with E-state index in [0.29, 0.717) is 23.0 Å². The van der Waals surface area contributed by atoms with Gasteiger partial charge in [0.2, 0.25) is 0 Å². The van der Waals surface area contributed by atoms with Crippen molar-refractivity contribution in [3.8, 4) is 22.3 Å². The summed E-state index contributed by atoms with van der Waals surface area (Å²) in [6, 6.07) is 16.7. The third-order valence-corrected chi connectivity index (χ3v) is 7.30. The molecule has 2 N–H and O–H groups in total. The molecule has 4 nitrogen and oxygen atoms in total. The minimum absolute atomic E-state index is 0.248. The molecule has 3 aromatic rings. The summed E-state index contributed by atoms with van der Waals surface area (Å²) in [5.41, 5.74) is 7.28. The van der Waals surface area contributed by atoms with Crippen molar-refractivity contribution in [1.82, 2.24) is 0 Å².